The second-order valence-electron chi connectivity index (χ2n) is 6.40. The summed E-state index contributed by atoms with van der Waals surface area (Å²) in [5, 5.41) is 2.97. The Balaban J connectivity index is 1.89. The number of anilines is 1. The highest BCUT2D eigenvalue weighted by Gasteiger charge is 2.17. The molecule has 0 fully saturated rings. The molecule has 0 saturated heterocycles. The van der Waals surface area contributed by atoms with Gasteiger partial charge in [-0.1, -0.05) is 50.2 Å². The molecule has 5 heteroatoms. The molecule has 0 saturated carbocycles. The van der Waals surface area contributed by atoms with Crippen molar-refractivity contribution in [3.8, 4) is 11.4 Å². The summed E-state index contributed by atoms with van der Waals surface area (Å²) in [4.78, 5) is 28.7. The summed E-state index contributed by atoms with van der Waals surface area (Å²) >= 11 is 0. The van der Waals surface area contributed by atoms with Gasteiger partial charge in [0.1, 0.15) is 6.54 Å². The first-order chi connectivity index (χ1) is 12.0. The Hall–Kier alpha value is -2.95. The number of rotatable bonds is 4. The molecule has 1 aromatic carbocycles. The number of para-hydroxylation sites is 1. The van der Waals surface area contributed by atoms with Crippen LogP contribution in [0.3, 0.4) is 0 Å². The molecular weight excluding hydrogens is 314 g/mol. The second-order valence-corrected chi connectivity index (χ2v) is 6.40. The molecule has 1 aliphatic carbocycles. The van der Waals surface area contributed by atoms with Crippen LogP contribution >= 0.6 is 0 Å². The first-order valence-electron chi connectivity index (χ1n) is 8.32. The van der Waals surface area contributed by atoms with Crippen molar-refractivity contribution in [2.24, 2.45) is 0 Å². The third kappa shape index (κ3) is 3.45. The van der Waals surface area contributed by atoms with Crippen LogP contribution in [0.4, 0.5) is 5.69 Å². The Bertz CT molecular complexity index is 944. The summed E-state index contributed by atoms with van der Waals surface area (Å²) in [6.07, 6.45) is 0. The Morgan fingerprint density at radius 1 is 1.12 bits per heavy atom. The zero-order valence-corrected chi connectivity index (χ0v) is 14.6. The molecule has 0 aromatic heterocycles. The lowest BCUT2D eigenvalue weighted by Crippen LogP contribution is -2.26. The van der Waals surface area contributed by atoms with Crippen molar-refractivity contribution < 1.29 is 4.79 Å². The van der Waals surface area contributed by atoms with Crippen LogP contribution in [0.1, 0.15) is 30.9 Å². The van der Waals surface area contributed by atoms with Gasteiger partial charge in [-0.3, -0.25) is 9.36 Å². The molecule has 0 unspecified atom stereocenters. The molecule has 1 amide bonds. The molecule has 0 atom stereocenters. The predicted octanol–water partition coefficient (Wildman–Crippen LogP) is 3.42. The maximum atomic E-state index is 12.6. The lowest BCUT2D eigenvalue weighted by molar-refractivity contribution is -0.116. The summed E-state index contributed by atoms with van der Waals surface area (Å²) in [5.74, 6) is 0.0532. The van der Waals surface area contributed by atoms with Crippen molar-refractivity contribution in [1.29, 1.82) is 0 Å². The van der Waals surface area contributed by atoms with Gasteiger partial charge in [0.25, 0.3) is 0 Å². The SMILES string of the molecule is Cc1cccc(C(C)C)c1NC(=O)Cn1c2cccccc-2nc1=O. The maximum Gasteiger partial charge on any atom is 0.349 e. The molecule has 25 heavy (non-hydrogen) atoms. The number of aryl methyl sites for hydroxylation is 1. The van der Waals surface area contributed by atoms with E-state index in [4.69, 9.17) is 0 Å². The van der Waals surface area contributed by atoms with Gasteiger partial charge in [-0.2, -0.15) is 4.98 Å². The molecule has 0 radical (unpaired) electrons. The Labute approximate surface area is 146 Å². The monoisotopic (exact) mass is 335 g/mol. The number of amides is 1. The first kappa shape index (κ1) is 16.9. The molecule has 3 rings (SSSR count). The Kier molecular flexibility index (Phi) is 4.65. The van der Waals surface area contributed by atoms with Crippen molar-refractivity contribution in [1.82, 2.24) is 9.55 Å². The van der Waals surface area contributed by atoms with Crippen LogP contribution in [-0.2, 0) is 11.3 Å². The zero-order chi connectivity index (χ0) is 18.0. The molecule has 0 spiro atoms. The van der Waals surface area contributed by atoms with Gasteiger partial charge in [0.15, 0.2) is 0 Å². The van der Waals surface area contributed by atoms with Crippen LogP contribution in [0.15, 0.2) is 53.3 Å². The van der Waals surface area contributed by atoms with Crippen LogP contribution in [0, 0.1) is 6.92 Å². The molecule has 1 aliphatic heterocycles. The average molecular weight is 335 g/mol. The van der Waals surface area contributed by atoms with Gasteiger partial charge < -0.3 is 5.32 Å². The van der Waals surface area contributed by atoms with Crippen molar-refractivity contribution in [2.75, 3.05) is 5.32 Å². The number of hydrogen-bond acceptors (Lipinski definition) is 3. The quantitative estimate of drug-likeness (QED) is 0.794. The van der Waals surface area contributed by atoms with E-state index in [0.29, 0.717) is 17.3 Å². The Morgan fingerprint density at radius 3 is 2.64 bits per heavy atom. The van der Waals surface area contributed by atoms with E-state index in [2.05, 4.69) is 24.1 Å². The third-order valence-electron chi connectivity index (χ3n) is 4.22. The number of aromatic nitrogens is 2. The fraction of sp³-hybridized carbons (Fsp3) is 0.250. The third-order valence-corrected chi connectivity index (χ3v) is 4.22. The summed E-state index contributed by atoms with van der Waals surface area (Å²) < 4.78 is 1.40. The highest BCUT2D eigenvalue weighted by Crippen LogP contribution is 2.27. The second kappa shape index (κ2) is 6.89. The smallest absolute Gasteiger partial charge is 0.324 e. The number of fused-ring (bicyclic) bond motifs is 1. The van der Waals surface area contributed by atoms with E-state index >= 15 is 0 Å². The van der Waals surface area contributed by atoms with Gasteiger partial charge in [0.05, 0.1) is 11.4 Å². The van der Waals surface area contributed by atoms with Crippen LogP contribution in [0.5, 0.6) is 0 Å². The average Bonchev–Trinajstić information content (AvgIpc) is 2.73. The molecule has 1 aromatic rings. The van der Waals surface area contributed by atoms with Crippen molar-refractivity contribution >= 4 is 11.6 Å². The van der Waals surface area contributed by atoms with Gasteiger partial charge in [-0.15, -0.1) is 0 Å². The zero-order valence-electron chi connectivity index (χ0n) is 14.6. The van der Waals surface area contributed by atoms with E-state index in [1.807, 2.05) is 43.3 Å². The summed E-state index contributed by atoms with van der Waals surface area (Å²) in [6.45, 7) is 6.07. The van der Waals surface area contributed by atoms with E-state index in [9.17, 15) is 9.59 Å². The highest BCUT2D eigenvalue weighted by molar-refractivity contribution is 5.92. The topological polar surface area (TPSA) is 64.0 Å². The lowest BCUT2D eigenvalue weighted by atomic mass is 9.98. The fourth-order valence-electron chi connectivity index (χ4n) is 2.94. The lowest BCUT2D eigenvalue weighted by Gasteiger charge is -2.16. The normalized spacial score (nSPS) is 11.0. The van der Waals surface area contributed by atoms with Gasteiger partial charge in [-0.25, -0.2) is 4.79 Å². The number of imidazole rings is 1. The molecule has 1 N–H and O–H groups in total. The maximum absolute atomic E-state index is 12.6. The van der Waals surface area contributed by atoms with Gasteiger partial charge in [0.2, 0.25) is 5.91 Å². The minimum atomic E-state index is -0.412. The number of carbonyl (C=O) groups is 1. The molecule has 0 bridgehead atoms. The summed E-state index contributed by atoms with van der Waals surface area (Å²) in [7, 11) is 0. The molecular formula is C20H21N3O2. The molecule has 2 aliphatic rings. The molecule has 5 nitrogen and oxygen atoms in total. The fourth-order valence-corrected chi connectivity index (χ4v) is 2.94. The molecule has 1 heterocycles. The Morgan fingerprint density at radius 2 is 1.88 bits per heavy atom. The highest BCUT2D eigenvalue weighted by atomic mass is 16.2. The van der Waals surface area contributed by atoms with Crippen LogP contribution in [-0.4, -0.2) is 15.5 Å². The van der Waals surface area contributed by atoms with E-state index in [0.717, 1.165) is 16.8 Å². The number of nitrogens with one attached hydrogen (secondary N) is 1. The van der Waals surface area contributed by atoms with Crippen molar-refractivity contribution in [2.45, 2.75) is 33.2 Å². The van der Waals surface area contributed by atoms with Crippen molar-refractivity contribution in [3.05, 3.63) is 70.1 Å². The van der Waals surface area contributed by atoms with Gasteiger partial charge in [0, 0.05) is 5.69 Å². The number of benzene rings is 1. The minimum Gasteiger partial charge on any atom is -0.324 e. The van der Waals surface area contributed by atoms with Crippen LogP contribution in [0.25, 0.3) is 11.4 Å². The first-order valence-corrected chi connectivity index (χ1v) is 8.32. The minimum absolute atomic E-state index is 0.0643. The van der Waals surface area contributed by atoms with Crippen LogP contribution in [0.2, 0.25) is 0 Å². The predicted molar refractivity (Wildman–Crippen MR) is 99.0 cm³/mol. The largest absolute Gasteiger partial charge is 0.349 e. The number of hydrogen-bond donors (Lipinski definition) is 1. The van der Waals surface area contributed by atoms with E-state index in [1.54, 1.807) is 12.1 Å². The van der Waals surface area contributed by atoms with Gasteiger partial charge in [-0.05, 0) is 36.1 Å². The van der Waals surface area contributed by atoms with E-state index in [1.165, 1.54) is 4.57 Å². The number of carbonyl (C=O) groups excluding carboxylic acids is 1. The van der Waals surface area contributed by atoms with E-state index in [-0.39, 0.29) is 12.5 Å². The van der Waals surface area contributed by atoms with Crippen LogP contribution < -0.4 is 11.0 Å². The number of nitrogens with zero attached hydrogens (tertiary/aromatic N) is 2. The van der Waals surface area contributed by atoms with E-state index < -0.39 is 5.69 Å². The summed E-state index contributed by atoms with van der Waals surface area (Å²) in [5.41, 5.74) is 3.73. The van der Waals surface area contributed by atoms with Gasteiger partial charge >= 0.3 is 5.69 Å². The standard InChI is InChI=1S/C20H21N3O2/c1-13(2)15-9-7-8-14(3)19(15)22-18(24)12-23-17-11-6-4-5-10-16(17)21-20(23)25/h4-11,13H,12H2,1-3H3,(H,22,24). The van der Waals surface area contributed by atoms with Crippen molar-refractivity contribution in [3.63, 3.8) is 0 Å². The summed E-state index contributed by atoms with van der Waals surface area (Å²) in [6, 6.07) is 15.0. The molecule has 128 valence electrons.